The van der Waals surface area contributed by atoms with Crippen LogP contribution in [0.3, 0.4) is 0 Å². The first-order chi connectivity index (χ1) is 17.4. The third-order valence-corrected chi connectivity index (χ3v) is 4.63. The lowest BCUT2D eigenvalue weighted by Gasteiger charge is -2.16. The van der Waals surface area contributed by atoms with Gasteiger partial charge in [0.15, 0.2) is 12.4 Å². The normalized spacial score (nSPS) is 10.7. The predicted molar refractivity (Wildman–Crippen MR) is 134 cm³/mol. The van der Waals surface area contributed by atoms with Crippen LogP contribution in [0.1, 0.15) is 22.8 Å². The Kier molecular flexibility index (Phi) is 8.88. The van der Waals surface area contributed by atoms with Gasteiger partial charge in [0.25, 0.3) is 5.91 Å². The lowest BCUT2D eigenvalue weighted by molar-refractivity contribution is -0.119. The molecule has 0 fully saturated rings. The number of ketones is 1. The second-order valence-corrected chi connectivity index (χ2v) is 7.33. The van der Waals surface area contributed by atoms with Crippen molar-refractivity contribution in [2.45, 2.75) is 6.92 Å². The van der Waals surface area contributed by atoms with Gasteiger partial charge in [0.2, 0.25) is 11.9 Å². The van der Waals surface area contributed by atoms with Crippen molar-refractivity contribution in [2.24, 2.45) is 4.99 Å². The van der Waals surface area contributed by atoms with E-state index in [-0.39, 0.29) is 23.3 Å². The standard InChI is InChI=1S/C26H24N4O6/c1-17(31)27-21-14-13-19(24(33)18-9-5-3-6-10-18)15-22(21)28-25(30-26(34)35-2)29-23(32)16-36-20-11-7-4-8-12-20/h3-15H,16H2,1-2H3,(H,27,31)(H2,28,29,30,32,34). The van der Waals surface area contributed by atoms with Crippen molar-refractivity contribution >= 4 is 41.0 Å². The van der Waals surface area contributed by atoms with E-state index >= 15 is 0 Å². The number of anilines is 2. The van der Waals surface area contributed by atoms with Crippen LogP contribution in [-0.4, -0.2) is 43.4 Å². The summed E-state index contributed by atoms with van der Waals surface area (Å²) in [5.41, 5.74) is 1.26. The average molecular weight is 489 g/mol. The van der Waals surface area contributed by atoms with Crippen LogP contribution in [0.25, 0.3) is 0 Å². The van der Waals surface area contributed by atoms with Gasteiger partial charge in [-0.3, -0.25) is 19.7 Å². The van der Waals surface area contributed by atoms with E-state index in [9.17, 15) is 19.2 Å². The lowest BCUT2D eigenvalue weighted by Crippen LogP contribution is -2.37. The summed E-state index contributed by atoms with van der Waals surface area (Å²) in [6.07, 6.45) is -0.893. The molecule has 0 aliphatic carbocycles. The van der Waals surface area contributed by atoms with Crippen LogP contribution in [0, 0.1) is 0 Å². The van der Waals surface area contributed by atoms with E-state index in [0.29, 0.717) is 22.6 Å². The van der Waals surface area contributed by atoms with E-state index in [1.54, 1.807) is 66.7 Å². The fraction of sp³-hybridized carbons (Fsp3) is 0.115. The highest BCUT2D eigenvalue weighted by Crippen LogP contribution is 2.25. The first-order valence-electron chi connectivity index (χ1n) is 10.8. The zero-order valence-corrected chi connectivity index (χ0v) is 19.6. The number of methoxy groups -OCH3 is 1. The summed E-state index contributed by atoms with van der Waals surface area (Å²) in [4.78, 5) is 52.8. The zero-order valence-electron chi connectivity index (χ0n) is 19.6. The van der Waals surface area contributed by atoms with E-state index in [1.165, 1.54) is 19.1 Å². The molecule has 0 saturated carbocycles. The number of aliphatic imine (C=N–C) groups is 1. The zero-order chi connectivity index (χ0) is 25.9. The molecule has 0 bridgehead atoms. The molecule has 0 atom stereocenters. The Bertz CT molecular complexity index is 1280. The molecular weight excluding hydrogens is 464 g/mol. The van der Waals surface area contributed by atoms with E-state index in [0.717, 1.165) is 7.11 Å². The molecule has 3 N–H and O–H groups in total. The quantitative estimate of drug-likeness (QED) is 0.263. The number of amides is 3. The summed E-state index contributed by atoms with van der Waals surface area (Å²) >= 11 is 0. The largest absolute Gasteiger partial charge is 0.484 e. The number of nitrogens with zero attached hydrogens (tertiary/aromatic N) is 1. The molecule has 10 nitrogen and oxygen atoms in total. The molecular formula is C26H24N4O6. The smallest absolute Gasteiger partial charge is 0.413 e. The number of ether oxygens (including phenoxy) is 2. The molecule has 184 valence electrons. The van der Waals surface area contributed by atoms with Crippen molar-refractivity contribution in [1.29, 1.82) is 0 Å². The Balaban J connectivity index is 1.90. The SMILES string of the molecule is COC(=O)N/C(=N\C(=O)COc1ccccc1)Nc1cc(C(=O)c2ccccc2)ccc1NC(C)=O. The minimum atomic E-state index is -0.893. The number of carbonyl (C=O) groups excluding carboxylic acids is 4. The Morgan fingerprint density at radius 3 is 2.11 bits per heavy atom. The Morgan fingerprint density at radius 2 is 1.47 bits per heavy atom. The van der Waals surface area contributed by atoms with Gasteiger partial charge in [-0.1, -0.05) is 48.5 Å². The van der Waals surface area contributed by atoms with E-state index < -0.39 is 18.6 Å². The molecule has 0 radical (unpaired) electrons. The van der Waals surface area contributed by atoms with Gasteiger partial charge in [-0.25, -0.2) is 4.79 Å². The van der Waals surface area contributed by atoms with Crippen LogP contribution in [0.2, 0.25) is 0 Å². The van der Waals surface area contributed by atoms with Crippen LogP contribution < -0.4 is 20.7 Å². The van der Waals surface area contributed by atoms with Crippen LogP contribution in [0.15, 0.2) is 83.9 Å². The van der Waals surface area contributed by atoms with Gasteiger partial charge in [0.1, 0.15) is 5.75 Å². The molecule has 3 amide bonds. The molecule has 36 heavy (non-hydrogen) atoms. The van der Waals surface area contributed by atoms with Gasteiger partial charge in [0, 0.05) is 18.1 Å². The van der Waals surface area contributed by atoms with Crippen molar-refractivity contribution < 1.29 is 28.7 Å². The van der Waals surface area contributed by atoms with Gasteiger partial charge in [-0.05, 0) is 30.3 Å². The third-order valence-electron chi connectivity index (χ3n) is 4.63. The van der Waals surface area contributed by atoms with Gasteiger partial charge in [0.05, 0.1) is 18.5 Å². The minimum Gasteiger partial charge on any atom is -0.484 e. The second-order valence-electron chi connectivity index (χ2n) is 7.33. The number of guanidine groups is 1. The maximum atomic E-state index is 12.9. The topological polar surface area (TPSA) is 135 Å². The lowest BCUT2D eigenvalue weighted by atomic mass is 10.0. The van der Waals surface area contributed by atoms with Gasteiger partial charge in [-0.2, -0.15) is 4.99 Å². The number of hydrogen-bond donors (Lipinski definition) is 3. The summed E-state index contributed by atoms with van der Waals surface area (Å²) in [6, 6.07) is 21.8. The molecule has 3 aromatic rings. The summed E-state index contributed by atoms with van der Waals surface area (Å²) in [5, 5.41) is 7.73. The van der Waals surface area contributed by atoms with Gasteiger partial charge in [-0.15, -0.1) is 0 Å². The average Bonchev–Trinajstić information content (AvgIpc) is 2.88. The highest BCUT2D eigenvalue weighted by atomic mass is 16.5. The monoisotopic (exact) mass is 488 g/mol. The first-order valence-corrected chi connectivity index (χ1v) is 10.8. The van der Waals surface area contributed by atoms with Crippen LogP contribution in [-0.2, 0) is 14.3 Å². The summed E-state index contributed by atoms with van der Waals surface area (Å²) in [7, 11) is 1.15. The highest BCUT2D eigenvalue weighted by Gasteiger charge is 2.16. The summed E-state index contributed by atoms with van der Waals surface area (Å²) in [6.45, 7) is 0.919. The van der Waals surface area contributed by atoms with Gasteiger partial charge < -0.3 is 20.1 Å². The summed E-state index contributed by atoms with van der Waals surface area (Å²) in [5.74, 6) is -1.17. The van der Waals surface area contributed by atoms with Crippen molar-refractivity contribution in [3.8, 4) is 5.75 Å². The molecule has 0 heterocycles. The molecule has 0 aliphatic rings. The molecule has 0 unspecified atom stereocenters. The Morgan fingerprint density at radius 1 is 0.806 bits per heavy atom. The number of carbonyl (C=O) groups is 4. The second kappa shape index (κ2) is 12.5. The van der Waals surface area contributed by atoms with Gasteiger partial charge >= 0.3 is 6.09 Å². The first kappa shape index (κ1) is 25.6. The van der Waals surface area contributed by atoms with E-state index in [1.807, 2.05) is 0 Å². The fourth-order valence-corrected chi connectivity index (χ4v) is 3.02. The van der Waals surface area contributed by atoms with Crippen LogP contribution in [0.5, 0.6) is 5.75 Å². The number of benzene rings is 3. The predicted octanol–water partition coefficient (Wildman–Crippen LogP) is 3.61. The molecule has 10 heteroatoms. The van der Waals surface area contributed by atoms with E-state index in [4.69, 9.17) is 4.74 Å². The molecule has 0 saturated heterocycles. The number of para-hydroxylation sites is 1. The molecule has 0 spiro atoms. The number of hydrogen-bond acceptors (Lipinski definition) is 6. The van der Waals surface area contributed by atoms with E-state index in [2.05, 4.69) is 25.7 Å². The van der Waals surface area contributed by atoms with Crippen molar-refractivity contribution in [3.05, 3.63) is 90.0 Å². The Labute approximate surface area is 207 Å². The molecule has 3 aromatic carbocycles. The van der Waals surface area contributed by atoms with Crippen molar-refractivity contribution in [3.63, 3.8) is 0 Å². The highest BCUT2D eigenvalue weighted by molar-refractivity contribution is 6.12. The minimum absolute atomic E-state index is 0.207. The Hall–Kier alpha value is -4.99. The fourth-order valence-electron chi connectivity index (χ4n) is 3.02. The van der Waals surface area contributed by atoms with Crippen LogP contribution >= 0.6 is 0 Å². The number of alkyl carbamates (subject to hydrolysis) is 1. The molecule has 0 aliphatic heterocycles. The number of nitrogens with one attached hydrogen (secondary N) is 3. The summed E-state index contributed by atoms with van der Waals surface area (Å²) < 4.78 is 10.0. The maximum absolute atomic E-state index is 12.9. The van der Waals surface area contributed by atoms with Crippen molar-refractivity contribution in [2.75, 3.05) is 24.4 Å². The number of rotatable bonds is 7. The molecule has 0 aromatic heterocycles. The molecule has 3 rings (SSSR count). The van der Waals surface area contributed by atoms with Crippen LogP contribution in [0.4, 0.5) is 16.2 Å². The maximum Gasteiger partial charge on any atom is 0.413 e. The third kappa shape index (κ3) is 7.52. The van der Waals surface area contributed by atoms with Crippen molar-refractivity contribution in [1.82, 2.24) is 5.32 Å².